The number of hydrogen-bond acceptors (Lipinski definition) is 5. The monoisotopic (exact) mass is 634 g/mol. The smallest absolute Gasteiger partial charge is 0.354 e. The minimum absolute atomic E-state index is 0.00460. The van der Waals surface area contributed by atoms with Gasteiger partial charge >= 0.3 is 5.69 Å². The van der Waals surface area contributed by atoms with Crippen molar-refractivity contribution in [2.45, 2.75) is 89.9 Å². The molecule has 9 nitrogen and oxygen atoms in total. The van der Waals surface area contributed by atoms with Gasteiger partial charge in [0.25, 0.3) is 0 Å². The SMILES string of the molecule is CC(C)[C@H](C[C@@H]1CCC[C@@H](c2ccc(-n3cc4cc(-c5cc(CCC[C@H](C)N)cc(Cl)c5F)[nH]c4nc3=O)cc2)N1)NC(=N)N. The van der Waals surface area contributed by atoms with Gasteiger partial charge in [0.05, 0.1) is 16.4 Å². The summed E-state index contributed by atoms with van der Waals surface area (Å²) >= 11 is 6.27. The highest BCUT2D eigenvalue weighted by Crippen LogP contribution is 2.32. The molecule has 1 saturated heterocycles. The molecule has 240 valence electrons. The highest BCUT2D eigenvalue weighted by Gasteiger charge is 2.26. The van der Waals surface area contributed by atoms with Gasteiger partial charge in [-0.05, 0) is 92.8 Å². The van der Waals surface area contributed by atoms with Gasteiger partial charge < -0.3 is 27.1 Å². The van der Waals surface area contributed by atoms with E-state index in [-0.39, 0.29) is 29.1 Å². The van der Waals surface area contributed by atoms with E-state index >= 15 is 4.39 Å². The fourth-order valence-electron chi connectivity index (χ4n) is 6.28. The first-order valence-electron chi connectivity index (χ1n) is 15.8. The van der Waals surface area contributed by atoms with Gasteiger partial charge in [0.1, 0.15) is 5.65 Å². The van der Waals surface area contributed by atoms with Crippen molar-refractivity contribution in [3.05, 3.63) is 81.1 Å². The van der Waals surface area contributed by atoms with E-state index in [0.717, 1.165) is 56.1 Å². The van der Waals surface area contributed by atoms with E-state index in [4.69, 9.17) is 28.5 Å². The highest BCUT2D eigenvalue weighted by atomic mass is 35.5. The van der Waals surface area contributed by atoms with Crippen LogP contribution in [0, 0.1) is 17.1 Å². The Hall–Kier alpha value is -3.73. The largest absolute Gasteiger partial charge is 0.370 e. The number of fused-ring (bicyclic) bond motifs is 1. The fraction of sp³-hybridized carbons (Fsp3) is 0.441. The Kier molecular flexibility index (Phi) is 10.3. The number of H-pyrrole nitrogens is 1. The zero-order valence-corrected chi connectivity index (χ0v) is 26.9. The van der Waals surface area contributed by atoms with Crippen LogP contribution in [0.5, 0.6) is 0 Å². The zero-order valence-electron chi connectivity index (χ0n) is 26.2. The number of aryl methyl sites for hydroxylation is 1. The molecule has 0 radical (unpaired) electrons. The molecular formula is C34H44ClFN8O. The molecule has 1 fully saturated rings. The third kappa shape index (κ3) is 7.92. The molecule has 0 unspecified atom stereocenters. The molecule has 2 aromatic carbocycles. The number of piperidine rings is 1. The molecular weight excluding hydrogens is 591 g/mol. The first kappa shape index (κ1) is 32.7. The molecule has 2 aromatic heterocycles. The Morgan fingerprint density at radius 1 is 1.20 bits per heavy atom. The standard InChI is InChI=1S/C34H44ClFN8O/c1-19(2)29(42-33(38)39)17-24-8-5-9-28(40-24)22-10-12-25(13-11-22)44-18-23-16-30(41-32(23)43-34(44)45)26-14-21(7-4-6-20(3)37)15-27(35)31(26)36/h10-16,18-20,24,28-29,40H,4-9,17,37H2,1-3H3,(H4,38,39,42)(H,41,43,45)/t20-,24-,28-,29-/m0/s1. The molecule has 3 heterocycles. The quantitative estimate of drug-likeness (QED) is 0.0890. The summed E-state index contributed by atoms with van der Waals surface area (Å²) in [5.41, 5.74) is 15.1. The fourth-order valence-corrected chi connectivity index (χ4v) is 6.52. The molecule has 4 atom stereocenters. The molecule has 4 aromatic rings. The van der Waals surface area contributed by atoms with Crippen molar-refractivity contribution < 1.29 is 4.39 Å². The molecule has 11 heteroatoms. The van der Waals surface area contributed by atoms with Gasteiger partial charge in [-0.3, -0.25) is 9.98 Å². The number of halogens is 2. The lowest BCUT2D eigenvalue weighted by Gasteiger charge is -2.35. The average molecular weight is 635 g/mol. The van der Waals surface area contributed by atoms with Gasteiger partial charge in [0.15, 0.2) is 11.8 Å². The average Bonchev–Trinajstić information content (AvgIpc) is 3.40. The number of nitrogens with one attached hydrogen (secondary N) is 4. The maximum Gasteiger partial charge on any atom is 0.354 e. The molecule has 0 aliphatic carbocycles. The number of hydrogen-bond donors (Lipinski definition) is 6. The first-order valence-corrected chi connectivity index (χ1v) is 16.2. The maximum atomic E-state index is 15.2. The van der Waals surface area contributed by atoms with E-state index in [1.54, 1.807) is 24.4 Å². The summed E-state index contributed by atoms with van der Waals surface area (Å²) in [5.74, 6) is -0.156. The molecule has 8 N–H and O–H groups in total. The van der Waals surface area contributed by atoms with E-state index < -0.39 is 11.5 Å². The number of rotatable bonds is 11. The summed E-state index contributed by atoms with van der Waals surface area (Å²) in [7, 11) is 0. The minimum atomic E-state index is -0.515. The molecule has 0 spiro atoms. The summed E-state index contributed by atoms with van der Waals surface area (Å²) < 4.78 is 16.7. The maximum absolute atomic E-state index is 15.2. The summed E-state index contributed by atoms with van der Waals surface area (Å²) in [6.07, 6.45) is 8.30. The molecule has 0 amide bonds. The molecule has 0 saturated carbocycles. The lowest BCUT2D eigenvalue weighted by Crippen LogP contribution is -2.47. The topological polar surface area (TPSA) is 151 Å². The molecule has 45 heavy (non-hydrogen) atoms. The van der Waals surface area contributed by atoms with Crippen LogP contribution in [0.4, 0.5) is 4.39 Å². The van der Waals surface area contributed by atoms with Crippen molar-refractivity contribution in [3.8, 4) is 16.9 Å². The summed E-state index contributed by atoms with van der Waals surface area (Å²) in [5, 5.41) is 15.3. The van der Waals surface area contributed by atoms with Gasteiger partial charge in [-0.1, -0.05) is 44.0 Å². The van der Waals surface area contributed by atoms with Crippen LogP contribution in [0.1, 0.15) is 76.5 Å². The van der Waals surface area contributed by atoms with Crippen molar-refractivity contribution in [2.24, 2.45) is 17.4 Å². The van der Waals surface area contributed by atoms with Crippen molar-refractivity contribution in [2.75, 3.05) is 0 Å². The summed E-state index contributed by atoms with van der Waals surface area (Å²) in [6, 6.07) is 14.0. The summed E-state index contributed by atoms with van der Waals surface area (Å²) in [6.45, 7) is 6.24. The number of aromatic nitrogens is 3. The predicted molar refractivity (Wildman–Crippen MR) is 180 cm³/mol. The van der Waals surface area contributed by atoms with Crippen LogP contribution in [0.25, 0.3) is 28.0 Å². The molecule has 1 aliphatic heterocycles. The lowest BCUT2D eigenvalue weighted by atomic mass is 9.88. The van der Waals surface area contributed by atoms with Gasteiger partial charge in [-0.15, -0.1) is 0 Å². The first-order chi connectivity index (χ1) is 21.5. The van der Waals surface area contributed by atoms with E-state index in [2.05, 4.69) is 46.6 Å². The van der Waals surface area contributed by atoms with Gasteiger partial charge in [0, 0.05) is 41.3 Å². The van der Waals surface area contributed by atoms with Crippen LogP contribution in [-0.4, -0.2) is 38.6 Å². The second-order valence-corrected chi connectivity index (χ2v) is 13.2. The van der Waals surface area contributed by atoms with Crippen LogP contribution in [0.3, 0.4) is 0 Å². The Bertz CT molecular complexity index is 1700. The van der Waals surface area contributed by atoms with Crippen LogP contribution in [-0.2, 0) is 6.42 Å². The lowest BCUT2D eigenvalue weighted by molar-refractivity contribution is 0.274. The van der Waals surface area contributed by atoms with Crippen LogP contribution < -0.4 is 27.8 Å². The third-order valence-electron chi connectivity index (χ3n) is 8.75. The van der Waals surface area contributed by atoms with E-state index in [9.17, 15) is 4.79 Å². The van der Waals surface area contributed by atoms with Crippen LogP contribution >= 0.6 is 11.6 Å². The van der Waals surface area contributed by atoms with Crippen molar-refractivity contribution in [3.63, 3.8) is 0 Å². The van der Waals surface area contributed by atoms with Crippen molar-refractivity contribution >= 4 is 28.6 Å². The second kappa shape index (κ2) is 14.1. The number of guanidine groups is 1. The number of benzene rings is 2. The van der Waals surface area contributed by atoms with Crippen molar-refractivity contribution in [1.82, 2.24) is 25.2 Å². The number of aromatic amines is 1. The van der Waals surface area contributed by atoms with E-state index in [0.29, 0.717) is 39.9 Å². The Morgan fingerprint density at radius 3 is 2.64 bits per heavy atom. The van der Waals surface area contributed by atoms with Crippen LogP contribution in [0.2, 0.25) is 5.02 Å². The molecule has 1 aliphatic rings. The Labute approximate surface area is 268 Å². The predicted octanol–water partition coefficient (Wildman–Crippen LogP) is 5.92. The number of nitrogens with zero attached hydrogens (tertiary/aromatic N) is 2. The summed E-state index contributed by atoms with van der Waals surface area (Å²) in [4.78, 5) is 20.5. The molecule has 5 rings (SSSR count). The number of nitrogens with two attached hydrogens (primary N) is 2. The zero-order chi connectivity index (χ0) is 32.2. The van der Waals surface area contributed by atoms with Gasteiger partial charge in [-0.2, -0.15) is 4.98 Å². The normalized spacial score (nSPS) is 18.3. The minimum Gasteiger partial charge on any atom is -0.370 e. The van der Waals surface area contributed by atoms with Crippen LogP contribution in [0.15, 0.2) is 53.5 Å². The van der Waals surface area contributed by atoms with E-state index in [1.807, 2.05) is 19.1 Å². The second-order valence-electron chi connectivity index (χ2n) is 12.8. The Balaban J connectivity index is 1.34. The van der Waals surface area contributed by atoms with E-state index in [1.165, 1.54) is 4.57 Å². The van der Waals surface area contributed by atoms with Crippen molar-refractivity contribution in [1.29, 1.82) is 5.41 Å². The molecule has 0 bridgehead atoms. The Morgan fingerprint density at radius 2 is 1.96 bits per heavy atom. The van der Waals surface area contributed by atoms with Gasteiger partial charge in [0.2, 0.25) is 0 Å². The third-order valence-corrected chi connectivity index (χ3v) is 9.03. The van der Waals surface area contributed by atoms with Gasteiger partial charge in [-0.25, -0.2) is 9.18 Å². The highest BCUT2D eigenvalue weighted by molar-refractivity contribution is 6.31.